The SMILES string of the molecule is CC(C)n1nccc1CN(C)C1CCCNCC1. The van der Waals surface area contributed by atoms with Crippen molar-refractivity contribution in [1.82, 2.24) is 20.0 Å². The van der Waals surface area contributed by atoms with E-state index in [9.17, 15) is 0 Å². The topological polar surface area (TPSA) is 33.1 Å². The molecule has 1 unspecified atom stereocenters. The first-order valence-corrected chi connectivity index (χ1v) is 7.12. The summed E-state index contributed by atoms with van der Waals surface area (Å²) in [4.78, 5) is 2.49. The van der Waals surface area contributed by atoms with E-state index in [1.54, 1.807) is 0 Å². The Morgan fingerprint density at radius 1 is 1.44 bits per heavy atom. The van der Waals surface area contributed by atoms with Gasteiger partial charge in [-0.15, -0.1) is 0 Å². The molecule has 1 aromatic heterocycles. The standard InChI is InChI=1S/C14H26N4/c1-12(2)18-14(7-10-16-18)11-17(3)13-5-4-8-15-9-6-13/h7,10,12-13,15H,4-6,8-9,11H2,1-3H3. The summed E-state index contributed by atoms with van der Waals surface area (Å²) in [6.45, 7) is 7.70. The molecule has 4 nitrogen and oxygen atoms in total. The molecule has 18 heavy (non-hydrogen) atoms. The van der Waals surface area contributed by atoms with Crippen molar-refractivity contribution in [3.05, 3.63) is 18.0 Å². The molecule has 0 aliphatic carbocycles. The van der Waals surface area contributed by atoms with Crippen molar-refractivity contribution < 1.29 is 0 Å². The van der Waals surface area contributed by atoms with Crippen molar-refractivity contribution >= 4 is 0 Å². The molecule has 1 aromatic rings. The Kier molecular flexibility index (Phi) is 4.78. The largest absolute Gasteiger partial charge is 0.317 e. The van der Waals surface area contributed by atoms with Crippen LogP contribution < -0.4 is 5.32 Å². The van der Waals surface area contributed by atoms with Crippen molar-refractivity contribution in [3.63, 3.8) is 0 Å². The van der Waals surface area contributed by atoms with Gasteiger partial charge in [0.05, 0.1) is 5.69 Å². The molecule has 0 spiro atoms. The molecule has 2 rings (SSSR count). The zero-order chi connectivity index (χ0) is 13.0. The Morgan fingerprint density at radius 2 is 2.28 bits per heavy atom. The van der Waals surface area contributed by atoms with E-state index in [2.05, 4.69) is 47.0 Å². The molecule has 1 aliphatic heterocycles. The number of aromatic nitrogens is 2. The van der Waals surface area contributed by atoms with Gasteiger partial charge in [-0.3, -0.25) is 9.58 Å². The summed E-state index contributed by atoms with van der Waals surface area (Å²) in [5.41, 5.74) is 1.32. The third-order valence-corrected chi connectivity index (χ3v) is 3.82. The van der Waals surface area contributed by atoms with Crippen molar-refractivity contribution in [2.24, 2.45) is 0 Å². The lowest BCUT2D eigenvalue weighted by Crippen LogP contribution is -2.32. The normalized spacial score (nSPS) is 21.5. The summed E-state index contributed by atoms with van der Waals surface area (Å²) in [6.07, 6.45) is 5.77. The van der Waals surface area contributed by atoms with E-state index in [-0.39, 0.29) is 0 Å². The molecule has 102 valence electrons. The van der Waals surface area contributed by atoms with E-state index in [1.165, 1.54) is 31.5 Å². The van der Waals surface area contributed by atoms with Crippen LogP contribution in [0.3, 0.4) is 0 Å². The first kappa shape index (κ1) is 13.6. The molecule has 1 N–H and O–H groups in total. The minimum Gasteiger partial charge on any atom is -0.317 e. The van der Waals surface area contributed by atoms with Crippen LogP contribution >= 0.6 is 0 Å². The molecule has 1 atom stereocenters. The maximum Gasteiger partial charge on any atom is 0.0527 e. The maximum atomic E-state index is 4.41. The van der Waals surface area contributed by atoms with Gasteiger partial charge in [-0.25, -0.2) is 0 Å². The first-order chi connectivity index (χ1) is 8.68. The third-order valence-electron chi connectivity index (χ3n) is 3.82. The molecule has 2 heterocycles. The summed E-state index contributed by atoms with van der Waals surface area (Å²) >= 11 is 0. The van der Waals surface area contributed by atoms with Crippen molar-refractivity contribution in [1.29, 1.82) is 0 Å². The maximum absolute atomic E-state index is 4.41. The average molecular weight is 250 g/mol. The fourth-order valence-electron chi connectivity index (χ4n) is 2.76. The van der Waals surface area contributed by atoms with Crippen molar-refractivity contribution in [3.8, 4) is 0 Å². The van der Waals surface area contributed by atoms with Gasteiger partial charge in [0.2, 0.25) is 0 Å². The van der Waals surface area contributed by atoms with Crippen LogP contribution in [-0.4, -0.2) is 40.9 Å². The Hall–Kier alpha value is -0.870. The summed E-state index contributed by atoms with van der Waals surface area (Å²) in [6, 6.07) is 3.29. The summed E-state index contributed by atoms with van der Waals surface area (Å²) in [5, 5.41) is 7.89. The third kappa shape index (κ3) is 3.33. The van der Waals surface area contributed by atoms with Gasteiger partial charge in [0.1, 0.15) is 0 Å². The monoisotopic (exact) mass is 250 g/mol. The highest BCUT2D eigenvalue weighted by molar-refractivity contribution is 5.01. The van der Waals surface area contributed by atoms with Crippen molar-refractivity contribution in [2.45, 2.75) is 51.7 Å². The van der Waals surface area contributed by atoms with E-state index < -0.39 is 0 Å². The average Bonchev–Trinajstić information content (AvgIpc) is 2.63. The summed E-state index contributed by atoms with van der Waals surface area (Å²) in [5.74, 6) is 0. The van der Waals surface area contributed by atoms with Gasteiger partial charge >= 0.3 is 0 Å². The molecular weight excluding hydrogens is 224 g/mol. The van der Waals surface area contributed by atoms with Crippen LogP contribution in [0.5, 0.6) is 0 Å². The number of nitrogens with one attached hydrogen (secondary N) is 1. The fraction of sp³-hybridized carbons (Fsp3) is 0.786. The van der Waals surface area contributed by atoms with Crippen LogP contribution in [0.4, 0.5) is 0 Å². The van der Waals surface area contributed by atoms with E-state index in [1.807, 2.05) is 6.20 Å². The van der Waals surface area contributed by atoms with Crippen molar-refractivity contribution in [2.75, 3.05) is 20.1 Å². The second kappa shape index (κ2) is 6.34. The predicted octanol–water partition coefficient (Wildman–Crippen LogP) is 2.04. The number of rotatable bonds is 4. The predicted molar refractivity (Wildman–Crippen MR) is 74.6 cm³/mol. The lowest BCUT2D eigenvalue weighted by Gasteiger charge is -2.27. The first-order valence-electron chi connectivity index (χ1n) is 7.12. The van der Waals surface area contributed by atoms with Crippen LogP contribution in [0, 0.1) is 0 Å². The molecule has 1 saturated heterocycles. The smallest absolute Gasteiger partial charge is 0.0527 e. The zero-order valence-electron chi connectivity index (χ0n) is 11.9. The highest BCUT2D eigenvalue weighted by atomic mass is 15.3. The molecule has 0 bridgehead atoms. The van der Waals surface area contributed by atoms with Gasteiger partial charge in [-0.1, -0.05) is 0 Å². The quantitative estimate of drug-likeness (QED) is 0.887. The summed E-state index contributed by atoms with van der Waals surface area (Å²) in [7, 11) is 2.24. The molecule has 1 fully saturated rings. The number of nitrogens with zero attached hydrogens (tertiary/aromatic N) is 3. The minimum atomic E-state index is 0.444. The number of hydrogen-bond donors (Lipinski definition) is 1. The van der Waals surface area contributed by atoms with E-state index >= 15 is 0 Å². The number of hydrogen-bond acceptors (Lipinski definition) is 3. The minimum absolute atomic E-state index is 0.444. The van der Waals surface area contributed by atoms with Gasteiger partial charge in [0.15, 0.2) is 0 Å². The highest BCUT2D eigenvalue weighted by Gasteiger charge is 2.18. The lowest BCUT2D eigenvalue weighted by atomic mass is 10.1. The molecule has 1 aliphatic rings. The summed E-state index contributed by atoms with van der Waals surface area (Å²) < 4.78 is 2.13. The van der Waals surface area contributed by atoms with Gasteiger partial charge < -0.3 is 5.32 Å². The second-order valence-corrected chi connectivity index (χ2v) is 5.61. The Balaban J connectivity index is 1.97. The molecule has 0 saturated carbocycles. The zero-order valence-corrected chi connectivity index (χ0v) is 11.9. The van der Waals surface area contributed by atoms with E-state index in [0.717, 1.165) is 13.1 Å². The van der Waals surface area contributed by atoms with Gasteiger partial charge in [-0.05, 0) is 59.3 Å². The molecule has 0 radical (unpaired) electrons. The van der Waals surface area contributed by atoms with Crippen LogP contribution in [0.2, 0.25) is 0 Å². The Bertz CT molecular complexity index is 350. The Labute approximate surface area is 110 Å². The van der Waals surface area contributed by atoms with Gasteiger partial charge in [0, 0.05) is 24.8 Å². The lowest BCUT2D eigenvalue weighted by molar-refractivity contribution is 0.209. The van der Waals surface area contributed by atoms with Crippen LogP contribution in [0.1, 0.15) is 44.8 Å². The van der Waals surface area contributed by atoms with Gasteiger partial charge in [0.25, 0.3) is 0 Å². The van der Waals surface area contributed by atoms with Crippen LogP contribution in [-0.2, 0) is 6.54 Å². The van der Waals surface area contributed by atoms with E-state index in [0.29, 0.717) is 12.1 Å². The Morgan fingerprint density at radius 3 is 3.06 bits per heavy atom. The molecule has 0 aromatic carbocycles. The second-order valence-electron chi connectivity index (χ2n) is 5.61. The molecule has 0 amide bonds. The highest BCUT2D eigenvalue weighted by Crippen LogP contribution is 2.16. The fourth-order valence-corrected chi connectivity index (χ4v) is 2.76. The van der Waals surface area contributed by atoms with E-state index in [4.69, 9.17) is 0 Å². The van der Waals surface area contributed by atoms with Crippen LogP contribution in [0.25, 0.3) is 0 Å². The van der Waals surface area contributed by atoms with Gasteiger partial charge in [-0.2, -0.15) is 5.10 Å². The molecular formula is C14H26N4. The molecule has 4 heteroatoms. The van der Waals surface area contributed by atoms with Crippen LogP contribution in [0.15, 0.2) is 12.3 Å².